The van der Waals surface area contributed by atoms with Gasteiger partial charge in [0.1, 0.15) is 23.9 Å². The molecule has 0 radical (unpaired) electrons. The molecule has 40 heavy (non-hydrogen) atoms. The number of carbonyl (C=O) groups is 6. The van der Waals surface area contributed by atoms with E-state index in [1.165, 1.54) is 24.3 Å². The van der Waals surface area contributed by atoms with Crippen molar-refractivity contribution >= 4 is 35.6 Å². The zero-order valence-corrected chi connectivity index (χ0v) is 21.3. The number of amides is 4. The van der Waals surface area contributed by atoms with E-state index < -0.39 is 72.6 Å². The molecule has 14 heteroatoms. The number of benzene rings is 2. The van der Waals surface area contributed by atoms with Crippen LogP contribution in [0.15, 0.2) is 54.6 Å². The van der Waals surface area contributed by atoms with Crippen molar-refractivity contribution in [2.75, 3.05) is 0 Å². The zero-order valence-electron chi connectivity index (χ0n) is 21.3. The van der Waals surface area contributed by atoms with Gasteiger partial charge in [0.2, 0.25) is 23.6 Å². The monoisotopic (exact) mass is 557 g/mol. The minimum Gasteiger partial charge on any atom is -0.508 e. The fraction of sp³-hybridized carbons (Fsp3) is 0.308. The summed E-state index contributed by atoms with van der Waals surface area (Å²) < 4.78 is 0. The van der Waals surface area contributed by atoms with E-state index in [0.717, 1.165) is 0 Å². The molecule has 0 saturated carbocycles. The molecule has 10 N–H and O–H groups in total. The summed E-state index contributed by atoms with van der Waals surface area (Å²) >= 11 is 0. The summed E-state index contributed by atoms with van der Waals surface area (Å²) in [4.78, 5) is 72.9. The van der Waals surface area contributed by atoms with E-state index in [2.05, 4.69) is 16.0 Å². The summed E-state index contributed by atoms with van der Waals surface area (Å²) in [6.07, 6.45) is -1.60. The first kappa shape index (κ1) is 31.2. The molecular formula is C26H31N5O9. The van der Waals surface area contributed by atoms with Crippen LogP contribution in [0.25, 0.3) is 0 Å². The third kappa shape index (κ3) is 10.4. The topological polar surface area (TPSA) is 251 Å². The molecule has 4 unspecified atom stereocenters. The van der Waals surface area contributed by atoms with Gasteiger partial charge in [0.15, 0.2) is 0 Å². The van der Waals surface area contributed by atoms with E-state index in [-0.39, 0.29) is 18.6 Å². The van der Waals surface area contributed by atoms with Crippen LogP contribution in [0.3, 0.4) is 0 Å². The highest BCUT2D eigenvalue weighted by atomic mass is 16.4. The number of carboxylic acid groups (broad SMARTS) is 2. The third-order valence-corrected chi connectivity index (χ3v) is 5.68. The van der Waals surface area contributed by atoms with E-state index in [4.69, 9.17) is 16.6 Å². The molecule has 2 aromatic carbocycles. The van der Waals surface area contributed by atoms with Crippen molar-refractivity contribution in [2.45, 2.75) is 49.9 Å². The predicted molar refractivity (Wildman–Crippen MR) is 139 cm³/mol. The fourth-order valence-corrected chi connectivity index (χ4v) is 3.64. The highest BCUT2D eigenvalue weighted by Crippen LogP contribution is 2.12. The van der Waals surface area contributed by atoms with E-state index in [1.807, 2.05) is 0 Å². The second-order valence-corrected chi connectivity index (χ2v) is 8.96. The molecule has 0 aliphatic rings. The Morgan fingerprint density at radius 2 is 1.15 bits per heavy atom. The number of phenols is 1. The van der Waals surface area contributed by atoms with Crippen LogP contribution in [0.1, 0.15) is 24.0 Å². The number of rotatable bonds is 15. The second-order valence-electron chi connectivity index (χ2n) is 8.96. The molecule has 0 fully saturated rings. The molecule has 0 heterocycles. The van der Waals surface area contributed by atoms with Gasteiger partial charge in [0.05, 0.1) is 18.9 Å². The Morgan fingerprint density at radius 3 is 1.62 bits per heavy atom. The van der Waals surface area contributed by atoms with E-state index in [9.17, 15) is 39.0 Å². The standard InChI is InChI=1S/C26H31N5O9/c27-17(12-22(34)35)23(36)29-18(10-14-4-2-1-3-5-14)24(37)30-19(11-15-6-8-16(32)9-7-15)25(38)31-20(26(39)40)13-21(28)33/h1-9,17-20,32H,10-13,27H2,(H2,28,33)(H,29,36)(H,30,37)(H,31,38)(H,34,35)(H,39,40). The molecule has 214 valence electrons. The van der Waals surface area contributed by atoms with Crippen molar-refractivity contribution in [1.82, 2.24) is 16.0 Å². The predicted octanol–water partition coefficient (Wildman–Crippen LogP) is -1.61. The van der Waals surface area contributed by atoms with Gasteiger partial charge in [0, 0.05) is 12.8 Å². The van der Waals surface area contributed by atoms with Crippen LogP contribution < -0.4 is 27.4 Å². The minimum atomic E-state index is -1.67. The number of primary amides is 1. The summed E-state index contributed by atoms with van der Waals surface area (Å²) in [5.74, 6) is -6.59. The minimum absolute atomic E-state index is 0.0504. The molecule has 0 saturated heterocycles. The second kappa shape index (κ2) is 14.8. The molecule has 0 bridgehead atoms. The Bertz CT molecular complexity index is 1220. The van der Waals surface area contributed by atoms with E-state index in [0.29, 0.717) is 11.1 Å². The summed E-state index contributed by atoms with van der Waals surface area (Å²) in [6.45, 7) is 0. The van der Waals surface area contributed by atoms with Crippen LogP contribution in [-0.2, 0) is 41.6 Å². The van der Waals surface area contributed by atoms with Crippen LogP contribution >= 0.6 is 0 Å². The molecule has 4 amide bonds. The molecule has 2 rings (SSSR count). The Kier molecular flexibility index (Phi) is 11.6. The first-order chi connectivity index (χ1) is 18.8. The van der Waals surface area contributed by atoms with Gasteiger partial charge in [-0.3, -0.25) is 24.0 Å². The summed E-state index contributed by atoms with van der Waals surface area (Å²) in [5, 5.41) is 35.0. The molecule has 0 aromatic heterocycles. The first-order valence-electron chi connectivity index (χ1n) is 12.1. The van der Waals surface area contributed by atoms with Crippen LogP contribution in [0.4, 0.5) is 0 Å². The normalized spacial score (nSPS) is 13.6. The van der Waals surface area contributed by atoms with E-state index >= 15 is 0 Å². The largest absolute Gasteiger partial charge is 0.508 e. The number of hydrogen-bond acceptors (Lipinski definition) is 8. The van der Waals surface area contributed by atoms with Gasteiger partial charge < -0.3 is 42.7 Å². The molecule has 0 aliphatic heterocycles. The van der Waals surface area contributed by atoms with Gasteiger partial charge >= 0.3 is 11.9 Å². The Balaban J connectivity index is 2.33. The summed E-state index contributed by atoms with van der Waals surface area (Å²) in [5.41, 5.74) is 11.8. The number of nitrogens with two attached hydrogens (primary N) is 2. The third-order valence-electron chi connectivity index (χ3n) is 5.68. The van der Waals surface area contributed by atoms with Crippen LogP contribution in [0.2, 0.25) is 0 Å². The average molecular weight is 558 g/mol. The van der Waals surface area contributed by atoms with E-state index in [1.54, 1.807) is 30.3 Å². The van der Waals surface area contributed by atoms with Gasteiger partial charge in [-0.25, -0.2) is 4.79 Å². The van der Waals surface area contributed by atoms with Crippen LogP contribution in [-0.4, -0.2) is 75.1 Å². The maximum absolute atomic E-state index is 13.4. The maximum atomic E-state index is 13.4. The lowest BCUT2D eigenvalue weighted by Crippen LogP contribution is -2.58. The smallest absolute Gasteiger partial charge is 0.326 e. The van der Waals surface area contributed by atoms with Gasteiger partial charge in [-0.05, 0) is 23.3 Å². The molecule has 2 aromatic rings. The molecule has 14 nitrogen and oxygen atoms in total. The lowest BCUT2D eigenvalue weighted by Gasteiger charge is -2.25. The van der Waals surface area contributed by atoms with Crippen molar-refractivity contribution in [3.8, 4) is 5.75 Å². The SMILES string of the molecule is NC(=O)CC(NC(=O)C(Cc1ccc(O)cc1)NC(=O)C(Cc1ccccc1)NC(=O)C(N)CC(=O)O)C(=O)O. The number of carbonyl (C=O) groups excluding carboxylic acids is 4. The quantitative estimate of drug-likeness (QED) is 0.124. The maximum Gasteiger partial charge on any atom is 0.326 e. The number of hydrogen-bond donors (Lipinski definition) is 8. The van der Waals surface area contributed by atoms with Gasteiger partial charge in [-0.1, -0.05) is 42.5 Å². The lowest BCUT2D eigenvalue weighted by molar-refractivity contribution is -0.143. The number of aliphatic carboxylic acids is 2. The number of nitrogens with one attached hydrogen (secondary N) is 3. The van der Waals surface area contributed by atoms with Crippen molar-refractivity contribution in [3.63, 3.8) is 0 Å². The van der Waals surface area contributed by atoms with Crippen LogP contribution in [0, 0.1) is 0 Å². The Morgan fingerprint density at radius 1 is 0.675 bits per heavy atom. The van der Waals surface area contributed by atoms with Gasteiger partial charge in [-0.15, -0.1) is 0 Å². The van der Waals surface area contributed by atoms with Crippen molar-refractivity contribution in [2.24, 2.45) is 11.5 Å². The zero-order chi connectivity index (χ0) is 29.8. The summed E-state index contributed by atoms with van der Waals surface area (Å²) in [7, 11) is 0. The number of carboxylic acids is 2. The molecule has 4 atom stereocenters. The average Bonchev–Trinajstić information content (AvgIpc) is 2.88. The van der Waals surface area contributed by atoms with Crippen molar-refractivity contribution in [1.29, 1.82) is 0 Å². The van der Waals surface area contributed by atoms with Crippen molar-refractivity contribution in [3.05, 3.63) is 65.7 Å². The molecular weight excluding hydrogens is 526 g/mol. The molecule has 0 spiro atoms. The fourth-order valence-electron chi connectivity index (χ4n) is 3.64. The number of phenolic OH excluding ortho intramolecular Hbond substituents is 1. The Labute approximate surface area is 228 Å². The Hall–Kier alpha value is -4.98. The molecule has 0 aliphatic carbocycles. The first-order valence-corrected chi connectivity index (χ1v) is 12.1. The van der Waals surface area contributed by atoms with Gasteiger partial charge in [0.25, 0.3) is 0 Å². The lowest BCUT2D eigenvalue weighted by atomic mass is 10.0. The van der Waals surface area contributed by atoms with Crippen molar-refractivity contribution < 1.29 is 44.1 Å². The highest BCUT2D eigenvalue weighted by molar-refractivity contribution is 5.95. The highest BCUT2D eigenvalue weighted by Gasteiger charge is 2.31. The van der Waals surface area contributed by atoms with Crippen LogP contribution in [0.5, 0.6) is 5.75 Å². The number of aromatic hydroxyl groups is 1. The summed E-state index contributed by atoms with van der Waals surface area (Å²) in [6, 6.07) is 8.36. The van der Waals surface area contributed by atoms with Gasteiger partial charge in [-0.2, -0.15) is 0 Å².